The Kier molecular flexibility index (Phi) is 4.12. The summed E-state index contributed by atoms with van der Waals surface area (Å²) in [5.41, 5.74) is 1.92. The molecule has 94 valence electrons. The van der Waals surface area contributed by atoms with Crippen molar-refractivity contribution < 1.29 is 0 Å². The second kappa shape index (κ2) is 6.00. The van der Waals surface area contributed by atoms with E-state index < -0.39 is 0 Å². The Morgan fingerprint density at radius 2 is 2.06 bits per heavy atom. The van der Waals surface area contributed by atoms with Gasteiger partial charge >= 0.3 is 0 Å². The van der Waals surface area contributed by atoms with E-state index in [0.29, 0.717) is 6.54 Å². The second-order valence-corrected chi connectivity index (χ2v) is 4.07. The Labute approximate surface area is 106 Å². The number of benzene rings is 1. The van der Waals surface area contributed by atoms with Crippen molar-refractivity contribution in [3.8, 4) is 0 Å². The van der Waals surface area contributed by atoms with E-state index in [1.807, 2.05) is 25.1 Å². The van der Waals surface area contributed by atoms with E-state index in [-0.39, 0.29) is 5.56 Å². The lowest BCUT2D eigenvalue weighted by Gasteiger charge is -2.06. The van der Waals surface area contributed by atoms with Crippen LogP contribution < -0.4 is 10.9 Å². The standard InChI is InChI=1S/C14H17N3O/c1-2-15-13-10-14(18)17(16-11-13)9-8-12-6-4-3-5-7-12/h3-7,10-11,15H,2,8-9H2,1H3. The fourth-order valence-electron chi connectivity index (χ4n) is 1.78. The van der Waals surface area contributed by atoms with Gasteiger partial charge in [-0.15, -0.1) is 0 Å². The first-order valence-corrected chi connectivity index (χ1v) is 6.14. The SMILES string of the molecule is CCNc1cnn(CCc2ccccc2)c(=O)c1. The van der Waals surface area contributed by atoms with Gasteiger partial charge in [0.1, 0.15) is 0 Å². The van der Waals surface area contributed by atoms with Crippen LogP contribution in [-0.2, 0) is 13.0 Å². The summed E-state index contributed by atoms with van der Waals surface area (Å²) in [6.45, 7) is 3.38. The summed E-state index contributed by atoms with van der Waals surface area (Å²) < 4.78 is 1.49. The lowest BCUT2D eigenvalue weighted by Crippen LogP contribution is -2.23. The molecular weight excluding hydrogens is 226 g/mol. The third-order valence-corrected chi connectivity index (χ3v) is 2.71. The first-order valence-electron chi connectivity index (χ1n) is 6.14. The Balaban J connectivity index is 2.04. The maximum atomic E-state index is 11.8. The van der Waals surface area contributed by atoms with E-state index in [1.54, 1.807) is 12.3 Å². The molecule has 0 unspecified atom stereocenters. The summed E-state index contributed by atoms with van der Waals surface area (Å²) in [7, 11) is 0. The topological polar surface area (TPSA) is 46.9 Å². The molecule has 18 heavy (non-hydrogen) atoms. The van der Waals surface area contributed by atoms with Gasteiger partial charge in [-0.25, -0.2) is 4.68 Å². The van der Waals surface area contributed by atoms with Crippen molar-refractivity contribution in [3.05, 3.63) is 58.5 Å². The molecule has 1 aromatic carbocycles. The van der Waals surface area contributed by atoms with Gasteiger partial charge in [0.25, 0.3) is 5.56 Å². The van der Waals surface area contributed by atoms with Crippen LogP contribution >= 0.6 is 0 Å². The lowest BCUT2D eigenvalue weighted by atomic mass is 10.1. The minimum atomic E-state index is -0.0654. The zero-order chi connectivity index (χ0) is 12.8. The van der Waals surface area contributed by atoms with Crippen LogP contribution in [0.4, 0.5) is 5.69 Å². The smallest absolute Gasteiger partial charge is 0.268 e. The van der Waals surface area contributed by atoms with E-state index >= 15 is 0 Å². The van der Waals surface area contributed by atoms with Gasteiger partial charge in [0.05, 0.1) is 11.9 Å². The highest BCUT2D eigenvalue weighted by molar-refractivity contribution is 5.38. The molecule has 0 spiro atoms. The minimum Gasteiger partial charge on any atom is -0.384 e. The highest BCUT2D eigenvalue weighted by Gasteiger charge is 2.00. The van der Waals surface area contributed by atoms with Gasteiger partial charge in [-0.2, -0.15) is 5.10 Å². The van der Waals surface area contributed by atoms with Crippen LogP contribution in [0.1, 0.15) is 12.5 Å². The van der Waals surface area contributed by atoms with Gasteiger partial charge < -0.3 is 5.32 Å². The molecule has 4 nitrogen and oxygen atoms in total. The van der Waals surface area contributed by atoms with E-state index in [4.69, 9.17) is 0 Å². The van der Waals surface area contributed by atoms with Crippen LogP contribution in [0, 0.1) is 0 Å². The van der Waals surface area contributed by atoms with Crippen LogP contribution in [0.5, 0.6) is 0 Å². The molecule has 0 bridgehead atoms. The largest absolute Gasteiger partial charge is 0.384 e. The van der Waals surface area contributed by atoms with Crippen LogP contribution in [0.25, 0.3) is 0 Å². The quantitative estimate of drug-likeness (QED) is 0.872. The first kappa shape index (κ1) is 12.4. The van der Waals surface area contributed by atoms with E-state index in [1.165, 1.54) is 10.2 Å². The van der Waals surface area contributed by atoms with Gasteiger partial charge in [0.2, 0.25) is 0 Å². The third-order valence-electron chi connectivity index (χ3n) is 2.71. The van der Waals surface area contributed by atoms with Gasteiger partial charge in [-0.1, -0.05) is 30.3 Å². The molecule has 0 atom stereocenters. The van der Waals surface area contributed by atoms with E-state index in [9.17, 15) is 4.79 Å². The molecule has 4 heteroatoms. The van der Waals surface area contributed by atoms with Crippen LogP contribution in [-0.4, -0.2) is 16.3 Å². The predicted molar refractivity (Wildman–Crippen MR) is 72.8 cm³/mol. The zero-order valence-electron chi connectivity index (χ0n) is 10.5. The highest BCUT2D eigenvalue weighted by Crippen LogP contribution is 2.02. The molecule has 1 heterocycles. The van der Waals surface area contributed by atoms with Gasteiger partial charge in [-0.05, 0) is 18.9 Å². The van der Waals surface area contributed by atoms with Crippen molar-refractivity contribution in [1.29, 1.82) is 0 Å². The fourth-order valence-corrected chi connectivity index (χ4v) is 1.78. The predicted octanol–water partition coefficient (Wildman–Crippen LogP) is 1.92. The Hall–Kier alpha value is -2.10. The Morgan fingerprint density at radius 1 is 1.28 bits per heavy atom. The van der Waals surface area contributed by atoms with Crippen molar-refractivity contribution in [2.45, 2.75) is 19.9 Å². The van der Waals surface area contributed by atoms with Gasteiger partial charge in [0, 0.05) is 19.2 Å². The molecule has 0 saturated heterocycles. The third kappa shape index (κ3) is 3.20. The number of rotatable bonds is 5. The number of hydrogen-bond donors (Lipinski definition) is 1. The maximum Gasteiger partial charge on any atom is 0.268 e. The molecule has 0 aliphatic carbocycles. The van der Waals surface area contributed by atoms with Gasteiger partial charge in [-0.3, -0.25) is 4.79 Å². The molecule has 0 saturated carbocycles. The summed E-state index contributed by atoms with van der Waals surface area (Å²) >= 11 is 0. The van der Waals surface area contributed by atoms with Crippen molar-refractivity contribution in [2.24, 2.45) is 0 Å². The summed E-state index contributed by atoms with van der Waals surface area (Å²) in [4.78, 5) is 11.8. The minimum absolute atomic E-state index is 0.0654. The summed E-state index contributed by atoms with van der Waals surface area (Å²) in [5, 5.41) is 7.23. The molecule has 2 aromatic rings. The summed E-state index contributed by atoms with van der Waals surface area (Å²) in [5.74, 6) is 0. The number of nitrogens with one attached hydrogen (secondary N) is 1. The molecule has 0 radical (unpaired) electrons. The number of nitrogens with zero attached hydrogens (tertiary/aromatic N) is 2. The molecule has 1 N–H and O–H groups in total. The van der Waals surface area contributed by atoms with Crippen LogP contribution in [0.3, 0.4) is 0 Å². The van der Waals surface area contributed by atoms with Crippen molar-refractivity contribution in [1.82, 2.24) is 9.78 Å². The van der Waals surface area contributed by atoms with E-state index in [2.05, 4.69) is 22.5 Å². The maximum absolute atomic E-state index is 11.8. The van der Waals surface area contributed by atoms with Crippen LogP contribution in [0.15, 0.2) is 47.4 Å². The van der Waals surface area contributed by atoms with Crippen molar-refractivity contribution >= 4 is 5.69 Å². The monoisotopic (exact) mass is 243 g/mol. The van der Waals surface area contributed by atoms with Crippen LogP contribution in [0.2, 0.25) is 0 Å². The number of aromatic nitrogens is 2. The van der Waals surface area contributed by atoms with E-state index in [0.717, 1.165) is 18.7 Å². The average molecular weight is 243 g/mol. The molecule has 0 aliphatic rings. The highest BCUT2D eigenvalue weighted by atomic mass is 16.1. The summed E-state index contributed by atoms with van der Waals surface area (Å²) in [6.07, 6.45) is 2.50. The van der Waals surface area contributed by atoms with Gasteiger partial charge in [0.15, 0.2) is 0 Å². The molecule has 1 aromatic heterocycles. The Morgan fingerprint density at radius 3 is 2.72 bits per heavy atom. The summed E-state index contributed by atoms with van der Waals surface area (Å²) in [6, 6.07) is 11.7. The zero-order valence-corrected chi connectivity index (χ0v) is 10.5. The van der Waals surface area contributed by atoms with Crippen molar-refractivity contribution in [3.63, 3.8) is 0 Å². The first-order chi connectivity index (χ1) is 8.79. The average Bonchev–Trinajstić information content (AvgIpc) is 2.39. The molecule has 2 rings (SSSR count). The Bertz CT molecular complexity index is 548. The normalized spacial score (nSPS) is 10.3. The fraction of sp³-hybridized carbons (Fsp3) is 0.286. The number of anilines is 1. The lowest BCUT2D eigenvalue weighted by molar-refractivity contribution is 0.578. The molecular formula is C14H17N3O. The molecule has 0 fully saturated rings. The second-order valence-electron chi connectivity index (χ2n) is 4.07. The molecule has 0 amide bonds. The molecule has 0 aliphatic heterocycles. The number of hydrogen-bond acceptors (Lipinski definition) is 3. The van der Waals surface area contributed by atoms with Crippen molar-refractivity contribution in [2.75, 3.05) is 11.9 Å². The number of aryl methyl sites for hydroxylation is 2.